The van der Waals surface area contributed by atoms with E-state index >= 15 is 0 Å². The number of hydrogen-bond acceptors (Lipinski definition) is 4. The Hall–Kier alpha value is -0.940. The van der Waals surface area contributed by atoms with Crippen LogP contribution in [0.5, 0.6) is 0 Å². The van der Waals surface area contributed by atoms with Crippen molar-refractivity contribution < 1.29 is 9.90 Å². The Bertz CT molecular complexity index is 274. The van der Waals surface area contributed by atoms with Crippen LogP contribution >= 0.6 is 11.3 Å². The van der Waals surface area contributed by atoms with Crippen LogP contribution in [0.25, 0.3) is 0 Å². The van der Waals surface area contributed by atoms with Gasteiger partial charge >= 0.3 is 0 Å². The van der Waals surface area contributed by atoms with Crippen molar-refractivity contribution >= 4 is 17.2 Å². The molecule has 0 aliphatic rings. The minimum atomic E-state index is -0.411. The molecule has 0 radical (unpaired) electrons. The molecule has 1 aromatic rings. The maximum Gasteiger partial charge on any atom is 0.248 e. The zero-order chi connectivity index (χ0) is 10.4. The topological polar surface area (TPSA) is 53.4 Å². The number of amides is 1. The van der Waals surface area contributed by atoms with E-state index in [4.69, 9.17) is 5.11 Å². The Balaban J connectivity index is 2.38. The normalized spacial score (nSPS) is 10.1. The summed E-state index contributed by atoms with van der Waals surface area (Å²) in [7, 11) is 0. The van der Waals surface area contributed by atoms with Gasteiger partial charge in [-0.3, -0.25) is 4.79 Å². The summed E-state index contributed by atoms with van der Waals surface area (Å²) in [4.78, 5) is 16.9. The minimum absolute atomic E-state index is 0.218. The highest BCUT2D eigenvalue weighted by Gasteiger charge is 2.09. The first-order chi connectivity index (χ1) is 6.77. The van der Waals surface area contributed by atoms with E-state index < -0.39 is 6.61 Å². The van der Waals surface area contributed by atoms with Gasteiger partial charge in [0.15, 0.2) is 0 Å². The minimum Gasteiger partial charge on any atom is -0.387 e. The second kappa shape index (κ2) is 5.72. The second-order valence-corrected chi connectivity index (χ2v) is 3.79. The molecule has 1 heterocycles. The van der Waals surface area contributed by atoms with E-state index in [2.05, 4.69) is 4.98 Å². The number of hydrogen-bond donors (Lipinski definition) is 1. The van der Waals surface area contributed by atoms with Gasteiger partial charge in [0.2, 0.25) is 5.91 Å². The molecule has 1 N–H and O–H groups in total. The van der Waals surface area contributed by atoms with Gasteiger partial charge in [0.1, 0.15) is 6.61 Å². The number of carbonyl (C=O) groups excluding carboxylic acids is 1. The third-order valence-corrected chi connectivity index (χ3v) is 2.79. The van der Waals surface area contributed by atoms with Crippen LogP contribution in [0.2, 0.25) is 0 Å². The summed E-state index contributed by atoms with van der Waals surface area (Å²) in [5.74, 6) is -0.218. The van der Waals surface area contributed by atoms with E-state index in [9.17, 15) is 4.79 Å². The molecule has 4 nitrogen and oxygen atoms in total. The highest BCUT2D eigenvalue weighted by molar-refractivity contribution is 7.09. The van der Waals surface area contributed by atoms with Crippen molar-refractivity contribution in [3.63, 3.8) is 0 Å². The molecule has 1 amide bonds. The average molecular weight is 214 g/mol. The first-order valence-electron chi connectivity index (χ1n) is 4.55. The zero-order valence-corrected chi connectivity index (χ0v) is 8.96. The number of thiazole rings is 1. The molecule has 0 spiro atoms. The number of likely N-dealkylation sites (N-methyl/N-ethyl adjacent to an activating group) is 1. The lowest BCUT2D eigenvalue weighted by Crippen LogP contribution is -2.34. The van der Waals surface area contributed by atoms with Gasteiger partial charge in [0, 0.05) is 31.1 Å². The van der Waals surface area contributed by atoms with Gasteiger partial charge in [-0.2, -0.15) is 0 Å². The molecule has 0 bridgehead atoms. The van der Waals surface area contributed by atoms with Gasteiger partial charge in [0.05, 0.1) is 5.01 Å². The Kier molecular flexibility index (Phi) is 4.55. The molecule has 0 aliphatic heterocycles. The molecule has 0 atom stereocenters. The van der Waals surface area contributed by atoms with Crippen molar-refractivity contribution in [2.75, 3.05) is 19.7 Å². The van der Waals surface area contributed by atoms with Gasteiger partial charge in [-0.05, 0) is 6.92 Å². The maximum atomic E-state index is 11.2. The number of nitrogens with zero attached hydrogens (tertiary/aromatic N) is 2. The largest absolute Gasteiger partial charge is 0.387 e. The highest BCUT2D eigenvalue weighted by atomic mass is 32.1. The van der Waals surface area contributed by atoms with E-state index in [1.165, 1.54) is 0 Å². The van der Waals surface area contributed by atoms with Crippen LogP contribution in [-0.4, -0.2) is 40.6 Å². The van der Waals surface area contributed by atoms with Gasteiger partial charge in [0.25, 0.3) is 0 Å². The van der Waals surface area contributed by atoms with Crippen molar-refractivity contribution in [1.82, 2.24) is 9.88 Å². The predicted molar refractivity (Wildman–Crippen MR) is 55.2 cm³/mol. The molecule has 1 aromatic heterocycles. The Morgan fingerprint density at radius 3 is 3.00 bits per heavy atom. The van der Waals surface area contributed by atoms with Gasteiger partial charge in [-0.1, -0.05) is 0 Å². The molecule has 0 saturated carbocycles. The summed E-state index contributed by atoms with van der Waals surface area (Å²) in [6.07, 6.45) is 2.52. The van der Waals surface area contributed by atoms with Crippen LogP contribution in [0, 0.1) is 0 Å². The summed E-state index contributed by atoms with van der Waals surface area (Å²) < 4.78 is 0. The summed E-state index contributed by atoms with van der Waals surface area (Å²) in [5, 5.41) is 11.6. The Morgan fingerprint density at radius 1 is 1.71 bits per heavy atom. The molecular weight excluding hydrogens is 200 g/mol. The third kappa shape index (κ3) is 3.08. The molecule has 78 valence electrons. The first-order valence-corrected chi connectivity index (χ1v) is 5.43. The number of rotatable bonds is 5. The molecule has 5 heteroatoms. The number of carbonyl (C=O) groups is 1. The Morgan fingerprint density at radius 2 is 2.50 bits per heavy atom. The lowest BCUT2D eigenvalue weighted by Gasteiger charge is -2.18. The van der Waals surface area contributed by atoms with Crippen LogP contribution in [0.4, 0.5) is 0 Å². The van der Waals surface area contributed by atoms with E-state index in [1.54, 1.807) is 22.4 Å². The molecule has 0 saturated heterocycles. The summed E-state index contributed by atoms with van der Waals surface area (Å²) >= 11 is 1.58. The fourth-order valence-electron chi connectivity index (χ4n) is 1.17. The van der Waals surface area contributed by atoms with Crippen LogP contribution in [0.3, 0.4) is 0 Å². The lowest BCUT2D eigenvalue weighted by molar-refractivity contribution is -0.133. The lowest BCUT2D eigenvalue weighted by atomic mass is 10.3. The van der Waals surface area contributed by atoms with Crippen molar-refractivity contribution in [3.8, 4) is 0 Å². The molecule has 0 unspecified atom stereocenters. The molecule has 0 aliphatic carbocycles. The first kappa shape index (κ1) is 11.1. The molecule has 0 fully saturated rings. The number of aliphatic hydroxyl groups excluding tert-OH is 1. The fourth-order valence-corrected chi connectivity index (χ4v) is 1.78. The van der Waals surface area contributed by atoms with Gasteiger partial charge in [-0.25, -0.2) is 4.98 Å². The summed E-state index contributed by atoms with van der Waals surface area (Å²) in [6.45, 7) is 2.75. The predicted octanol–water partition coefficient (Wildman–Crippen LogP) is 0.526. The van der Waals surface area contributed by atoms with Crippen molar-refractivity contribution in [2.24, 2.45) is 0 Å². The van der Waals surface area contributed by atoms with Crippen molar-refractivity contribution in [2.45, 2.75) is 13.3 Å². The quantitative estimate of drug-likeness (QED) is 0.777. The van der Waals surface area contributed by atoms with E-state index in [0.717, 1.165) is 11.4 Å². The monoisotopic (exact) mass is 214 g/mol. The van der Waals surface area contributed by atoms with Crippen LogP contribution in [-0.2, 0) is 11.2 Å². The SMILES string of the molecule is CCN(CCc1nccs1)C(=O)CO. The van der Waals surface area contributed by atoms with E-state index in [-0.39, 0.29) is 5.91 Å². The van der Waals surface area contributed by atoms with Crippen molar-refractivity contribution in [1.29, 1.82) is 0 Å². The zero-order valence-electron chi connectivity index (χ0n) is 8.14. The van der Waals surface area contributed by atoms with Crippen LogP contribution < -0.4 is 0 Å². The summed E-state index contributed by atoms with van der Waals surface area (Å²) in [6, 6.07) is 0. The highest BCUT2D eigenvalue weighted by Crippen LogP contribution is 2.05. The van der Waals surface area contributed by atoms with Crippen LogP contribution in [0.1, 0.15) is 11.9 Å². The standard InChI is InChI=1S/C9H14N2O2S/c1-2-11(9(13)7-12)5-3-8-10-4-6-14-8/h4,6,12H,2-3,5,7H2,1H3. The van der Waals surface area contributed by atoms with E-state index in [0.29, 0.717) is 13.1 Å². The number of aromatic nitrogens is 1. The number of aliphatic hydroxyl groups is 1. The van der Waals surface area contributed by atoms with Crippen LogP contribution in [0.15, 0.2) is 11.6 Å². The molecule has 0 aromatic carbocycles. The maximum absolute atomic E-state index is 11.2. The second-order valence-electron chi connectivity index (χ2n) is 2.81. The summed E-state index contributed by atoms with van der Waals surface area (Å²) in [5.41, 5.74) is 0. The smallest absolute Gasteiger partial charge is 0.248 e. The van der Waals surface area contributed by atoms with Gasteiger partial charge in [-0.15, -0.1) is 11.3 Å². The molecule has 1 rings (SSSR count). The average Bonchev–Trinajstić information content (AvgIpc) is 2.71. The molecule has 14 heavy (non-hydrogen) atoms. The fraction of sp³-hybridized carbons (Fsp3) is 0.556. The van der Waals surface area contributed by atoms with Crippen molar-refractivity contribution in [3.05, 3.63) is 16.6 Å². The third-order valence-electron chi connectivity index (χ3n) is 1.95. The van der Waals surface area contributed by atoms with Gasteiger partial charge < -0.3 is 10.0 Å². The molecular formula is C9H14N2O2S. The van der Waals surface area contributed by atoms with E-state index in [1.807, 2.05) is 12.3 Å². The Labute approximate surface area is 87.2 Å².